The Morgan fingerprint density at radius 3 is 3.00 bits per heavy atom. The molecule has 42 valence electrons. The third-order valence-electron chi connectivity index (χ3n) is 1.05. The second-order valence-electron chi connectivity index (χ2n) is 1.67. The minimum atomic E-state index is 0.483. The summed E-state index contributed by atoms with van der Waals surface area (Å²) in [7, 11) is 0. The van der Waals surface area contributed by atoms with Gasteiger partial charge in [0.1, 0.15) is 6.07 Å². The Kier molecular flexibility index (Phi) is 1.53. The van der Waals surface area contributed by atoms with Crippen LogP contribution in [0.25, 0.3) is 0 Å². The standard InChI is InChI=1S/C6H7NO/c7-5-6-3-1-2-4-8-6/h3H,1-2,4H2. The van der Waals surface area contributed by atoms with Gasteiger partial charge in [-0.25, -0.2) is 0 Å². The molecule has 0 atom stereocenters. The highest BCUT2D eigenvalue weighted by molar-refractivity contribution is 5.13. The van der Waals surface area contributed by atoms with Crippen LogP contribution in [0.1, 0.15) is 12.8 Å². The average Bonchev–Trinajstić information content (AvgIpc) is 1.90. The molecule has 0 unspecified atom stereocenters. The lowest BCUT2D eigenvalue weighted by Gasteiger charge is -2.06. The Morgan fingerprint density at radius 1 is 1.75 bits per heavy atom. The van der Waals surface area contributed by atoms with E-state index in [1.54, 1.807) is 0 Å². The summed E-state index contributed by atoms with van der Waals surface area (Å²) in [6.07, 6.45) is 3.86. The van der Waals surface area contributed by atoms with Gasteiger partial charge in [-0.05, 0) is 18.9 Å². The largest absolute Gasteiger partial charge is 0.484 e. The molecule has 0 amide bonds. The van der Waals surface area contributed by atoms with Crippen LogP contribution < -0.4 is 0 Å². The summed E-state index contributed by atoms with van der Waals surface area (Å²) in [5.74, 6) is 0.483. The molecule has 0 radical (unpaired) electrons. The number of allylic oxidation sites excluding steroid dienone is 2. The summed E-state index contributed by atoms with van der Waals surface area (Å²) in [5.41, 5.74) is 0. The van der Waals surface area contributed by atoms with Gasteiger partial charge in [0.15, 0.2) is 5.76 Å². The zero-order valence-corrected chi connectivity index (χ0v) is 4.55. The summed E-state index contributed by atoms with van der Waals surface area (Å²) in [6, 6.07) is 1.94. The van der Waals surface area contributed by atoms with Gasteiger partial charge in [0.25, 0.3) is 0 Å². The zero-order valence-electron chi connectivity index (χ0n) is 4.55. The lowest BCUT2D eigenvalue weighted by molar-refractivity contribution is 0.208. The van der Waals surface area contributed by atoms with Crippen molar-refractivity contribution in [2.24, 2.45) is 0 Å². The van der Waals surface area contributed by atoms with Gasteiger partial charge in [0.05, 0.1) is 6.61 Å². The number of nitriles is 1. The highest BCUT2D eigenvalue weighted by Gasteiger charge is 1.99. The smallest absolute Gasteiger partial charge is 0.192 e. The fourth-order valence-corrected chi connectivity index (χ4v) is 0.635. The van der Waals surface area contributed by atoms with E-state index in [0.29, 0.717) is 12.4 Å². The second-order valence-corrected chi connectivity index (χ2v) is 1.67. The maximum atomic E-state index is 8.25. The van der Waals surface area contributed by atoms with E-state index in [4.69, 9.17) is 10.00 Å². The number of rotatable bonds is 0. The minimum Gasteiger partial charge on any atom is -0.484 e. The third kappa shape index (κ3) is 1.00. The first-order valence-electron chi connectivity index (χ1n) is 2.66. The van der Waals surface area contributed by atoms with E-state index in [2.05, 4.69) is 0 Å². The molecule has 0 aromatic heterocycles. The molecule has 0 spiro atoms. The molecule has 1 rings (SSSR count). The van der Waals surface area contributed by atoms with Gasteiger partial charge in [-0.2, -0.15) is 5.26 Å². The molecule has 0 aliphatic carbocycles. The van der Waals surface area contributed by atoms with Crippen LogP contribution in [0.3, 0.4) is 0 Å². The molecule has 0 saturated carbocycles. The first kappa shape index (κ1) is 5.17. The van der Waals surface area contributed by atoms with Gasteiger partial charge in [-0.3, -0.25) is 0 Å². The quantitative estimate of drug-likeness (QED) is 0.468. The topological polar surface area (TPSA) is 33.0 Å². The first-order chi connectivity index (χ1) is 3.93. The molecular weight excluding hydrogens is 102 g/mol. The summed E-state index contributed by atoms with van der Waals surface area (Å²) in [6.45, 7) is 0.708. The van der Waals surface area contributed by atoms with Crippen molar-refractivity contribution in [3.05, 3.63) is 11.8 Å². The fraction of sp³-hybridized carbons (Fsp3) is 0.500. The first-order valence-corrected chi connectivity index (χ1v) is 2.66. The maximum absolute atomic E-state index is 8.25. The van der Waals surface area contributed by atoms with E-state index >= 15 is 0 Å². The number of hydrogen-bond donors (Lipinski definition) is 0. The SMILES string of the molecule is N#CC1=CCCCO1. The van der Waals surface area contributed by atoms with Crippen LogP contribution in [0.4, 0.5) is 0 Å². The Balaban J connectivity index is 2.53. The molecule has 0 N–H and O–H groups in total. The normalized spacial score (nSPS) is 18.1. The van der Waals surface area contributed by atoms with E-state index in [9.17, 15) is 0 Å². The highest BCUT2D eigenvalue weighted by atomic mass is 16.5. The summed E-state index contributed by atoms with van der Waals surface area (Å²) >= 11 is 0. The van der Waals surface area contributed by atoms with Crippen molar-refractivity contribution in [1.82, 2.24) is 0 Å². The third-order valence-corrected chi connectivity index (χ3v) is 1.05. The highest BCUT2D eigenvalue weighted by Crippen LogP contribution is 2.07. The lowest BCUT2D eigenvalue weighted by atomic mass is 10.2. The van der Waals surface area contributed by atoms with Crippen molar-refractivity contribution in [3.63, 3.8) is 0 Å². The second kappa shape index (κ2) is 2.37. The monoisotopic (exact) mass is 109 g/mol. The average molecular weight is 109 g/mol. The molecule has 1 aliphatic heterocycles. The predicted molar refractivity (Wildman–Crippen MR) is 28.9 cm³/mol. The van der Waals surface area contributed by atoms with Gasteiger partial charge >= 0.3 is 0 Å². The van der Waals surface area contributed by atoms with Crippen LogP contribution in [-0.2, 0) is 4.74 Å². The van der Waals surface area contributed by atoms with Gasteiger partial charge in [-0.1, -0.05) is 0 Å². The maximum Gasteiger partial charge on any atom is 0.192 e. The van der Waals surface area contributed by atoms with Crippen molar-refractivity contribution >= 4 is 0 Å². The number of ether oxygens (including phenoxy) is 1. The molecule has 1 heterocycles. The van der Waals surface area contributed by atoms with Crippen LogP contribution in [0.5, 0.6) is 0 Å². The van der Waals surface area contributed by atoms with Crippen LogP contribution in [-0.4, -0.2) is 6.61 Å². The Morgan fingerprint density at radius 2 is 2.62 bits per heavy atom. The molecule has 0 aromatic rings. The van der Waals surface area contributed by atoms with Gasteiger partial charge in [-0.15, -0.1) is 0 Å². The minimum absolute atomic E-state index is 0.483. The van der Waals surface area contributed by atoms with Gasteiger partial charge in [0, 0.05) is 0 Å². The molecule has 2 nitrogen and oxygen atoms in total. The van der Waals surface area contributed by atoms with Crippen LogP contribution in [0, 0.1) is 11.3 Å². The zero-order chi connectivity index (χ0) is 5.82. The Hall–Kier alpha value is -0.970. The Labute approximate surface area is 48.4 Å². The summed E-state index contributed by atoms with van der Waals surface area (Å²) in [5, 5.41) is 8.25. The molecule has 0 aromatic carbocycles. The van der Waals surface area contributed by atoms with Crippen molar-refractivity contribution in [3.8, 4) is 6.07 Å². The van der Waals surface area contributed by atoms with E-state index in [1.807, 2.05) is 12.1 Å². The molecule has 0 saturated heterocycles. The van der Waals surface area contributed by atoms with Gasteiger partial charge < -0.3 is 4.74 Å². The van der Waals surface area contributed by atoms with Crippen molar-refractivity contribution in [2.45, 2.75) is 12.8 Å². The van der Waals surface area contributed by atoms with Crippen molar-refractivity contribution in [1.29, 1.82) is 5.26 Å². The van der Waals surface area contributed by atoms with E-state index in [1.165, 1.54) is 0 Å². The van der Waals surface area contributed by atoms with E-state index < -0.39 is 0 Å². The lowest BCUT2D eigenvalue weighted by Crippen LogP contribution is -1.98. The Bertz CT molecular complexity index is 143. The van der Waals surface area contributed by atoms with Crippen LogP contribution >= 0.6 is 0 Å². The van der Waals surface area contributed by atoms with Crippen molar-refractivity contribution in [2.75, 3.05) is 6.61 Å². The van der Waals surface area contributed by atoms with Crippen LogP contribution in [0.15, 0.2) is 11.8 Å². The molecule has 1 aliphatic rings. The summed E-state index contributed by atoms with van der Waals surface area (Å²) < 4.78 is 4.93. The summed E-state index contributed by atoms with van der Waals surface area (Å²) in [4.78, 5) is 0. The molecule has 0 fully saturated rings. The van der Waals surface area contributed by atoms with Gasteiger partial charge in [0.2, 0.25) is 0 Å². The van der Waals surface area contributed by atoms with Crippen molar-refractivity contribution < 1.29 is 4.74 Å². The molecule has 2 heteroatoms. The number of nitrogens with zero attached hydrogens (tertiary/aromatic N) is 1. The fourth-order valence-electron chi connectivity index (χ4n) is 0.635. The van der Waals surface area contributed by atoms with E-state index in [-0.39, 0.29) is 0 Å². The van der Waals surface area contributed by atoms with Crippen LogP contribution in [0.2, 0.25) is 0 Å². The van der Waals surface area contributed by atoms with E-state index in [0.717, 1.165) is 12.8 Å². The molecular formula is C6H7NO. The molecule has 0 bridgehead atoms. The number of hydrogen-bond acceptors (Lipinski definition) is 2. The molecule has 8 heavy (non-hydrogen) atoms. The predicted octanol–water partition coefficient (Wildman–Crippen LogP) is 1.20.